The number of rotatable bonds is 3. The lowest BCUT2D eigenvalue weighted by Gasteiger charge is -2.05. The van der Waals surface area contributed by atoms with Crippen LogP contribution in [0, 0.1) is 11.6 Å². The minimum Gasteiger partial charge on any atom is -0.503 e. The second kappa shape index (κ2) is 4.04. The van der Waals surface area contributed by atoms with Crippen molar-refractivity contribution < 1.29 is 23.7 Å². The van der Waals surface area contributed by atoms with Crippen LogP contribution in [0.5, 0.6) is 11.5 Å². The van der Waals surface area contributed by atoms with E-state index < -0.39 is 17.4 Å². The fourth-order valence-corrected chi connectivity index (χ4v) is 0.789. The zero-order valence-corrected chi connectivity index (χ0v) is 6.63. The molecule has 0 aliphatic carbocycles. The van der Waals surface area contributed by atoms with E-state index in [2.05, 4.69) is 0 Å². The zero-order chi connectivity index (χ0) is 9.84. The van der Waals surface area contributed by atoms with Crippen molar-refractivity contribution in [2.75, 3.05) is 13.2 Å². The molecule has 0 heterocycles. The fraction of sp³-hybridized carbons (Fsp3) is 0.250. The largest absolute Gasteiger partial charge is 0.503 e. The van der Waals surface area contributed by atoms with E-state index in [0.717, 1.165) is 12.1 Å². The minimum atomic E-state index is -1.09. The predicted molar refractivity (Wildman–Crippen MR) is 40.6 cm³/mol. The van der Waals surface area contributed by atoms with Crippen molar-refractivity contribution in [2.24, 2.45) is 0 Å². The molecule has 0 aromatic heterocycles. The third kappa shape index (κ3) is 2.29. The van der Waals surface area contributed by atoms with Crippen LogP contribution in [0.1, 0.15) is 0 Å². The molecule has 1 aromatic rings. The highest BCUT2D eigenvalue weighted by atomic mass is 19.1. The summed E-state index contributed by atoms with van der Waals surface area (Å²) in [5.74, 6) is -3.28. The fourth-order valence-electron chi connectivity index (χ4n) is 0.789. The molecule has 0 aliphatic heterocycles. The van der Waals surface area contributed by atoms with Crippen molar-refractivity contribution in [3.8, 4) is 11.5 Å². The van der Waals surface area contributed by atoms with Gasteiger partial charge in [0.2, 0.25) is 0 Å². The second-order valence-corrected chi connectivity index (χ2v) is 2.31. The SMILES string of the molecule is OCCOc1cc(F)c(O)c(F)c1. The average Bonchev–Trinajstić information content (AvgIpc) is 2.10. The first-order valence-electron chi connectivity index (χ1n) is 3.57. The van der Waals surface area contributed by atoms with Gasteiger partial charge in [-0.25, -0.2) is 8.78 Å². The van der Waals surface area contributed by atoms with Gasteiger partial charge in [-0.2, -0.15) is 0 Å². The Bertz CT molecular complexity index is 278. The van der Waals surface area contributed by atoms with E-state index in [0.29, 0.717) is 0 Å². The summed E-state index contributed by atoms with van der Waals surface area (Å²) in [6.45, 7) is -0.298. The van der Waals surface area contributed by atoms with Gasteiger partial charge in [0.05, 0.1) is 6.61 Å². The maximum Gasteiger partial charge on any atom is 0.188 e. The Balaban J connectivity index is 2.86. The molecule has 1 rings (SSSR count). The van der Waals surface area contributed by atoms with E-state index in [9.17, 15) is 8.78 Å². The number of hydrogen-bond donors (Lipinski definition) is 2. The number of aliphatic hydroxyl groups excluding tert-OH is 1. The maximum atomic E-state index is 12.6. The molecule has 0 amide bonds. The molecule has 0 radical (unpaired) electrons. The lowest BCUT2D eigenvalue weighted by molar-refractivity contribution is 0.200. The third-order valence-corrected chi connectivity index (χ3v) is 1.35. The number of ether oxygens (including phenoxy) is 1. The van der Waals surface area contributed by atoms with E-state index in [1.165, 1.54) is 0 Å². The van der Waals surface area contributed by atoms with Gasteiger partial charge in [0.25, 0.3) is 0 Å². The highest BCUT2D eigenvalue weighted by Gasteiger charge is 2.09. The van der Waals surface area contributed by atoms with Gasteiger partial charge in [-0.05, 0) is 0 Å². The minimum absolute atomic E-state index is 0.0519. The molecule has 0 aliphatic rings. The van der Waals surface area contributed by atoms with Crippen molar-refractivity contribution in [1.29, 1.82) is 0 Å². The Morgan fingerprint density at radius 1 is 1.23 bits per heavy atom. The first-order chi connectivity index (χ1) is 6.15. The van der Waals surface area contributed by atoms with Crippen LogP contribution in [0.15, 0.2) is 12.1 Å². The van der Waals surface area contributed by atoms with Crippen molar-refractivity contribution in [2.45, 2.75) is 0 Å². The average molecular weight is 190 g/mol. The Hall–Kier alpha value is -1.36. The van der Waals surface area contributed by atoms with Gasteiger partial charge >= 0.3 is 0 Å². The summed E-state index contributed by atoms with van der Waals surface area (Å²) in [4.78, 5) is 0. The molecule has 0 unspecified atom stereocenters. The normalized spacial score (nSPS) is 10.1. The molecule has 0 saturated heterocycles. The number of aromatic hydroxyl groups is 1. The van der Waals surface area contributed by atoms with Crippen LogP contribution in [0.2, 0.25) is 0 Å². The highest BCUT2D eigenvalue weighted by molar-refractivity contribution is 5.33. The van der Waals surface area contributed by atoms with Gasteiger partial charge in [-0.3, -0.25) is 0 Å². The van der Waals surface area contributed by atoms with E-state index in [-0.39, 0.29) is 19.0 Å². The van der Waals surface area contributed by atoms with Crippen LogP contribution in [0.3, 0.4) is 0 Å². The zero-order valence-electron chi connectivity index (χ0n) is 6.63. The van der Waals surface area contributed by atoms with Crippen LogP contribution in [0.25, 0.3) is 0 Å². The number of aliphatic hydroxyl groups is 1. The number of phenolic OH excluding ortho intramolecular Hbond substituents is 1. The smallest absolute Gasteiger partial charge is 0.188 e. The Labute approximate surface area is 73.2 Å². The summed E-state index contributed by atoms with van der Waals surface area (Å²) in [5.41, 5.74) is 0. The van der Waals surface area contributed by atoms with E-state index in [4.69, 9.17) is 14.9 Å². The monoisotopic (exact) mass is 190 g/mol. The molecule has 13 heavy (non-hydrogen) atoms. The van der Waals surface area contributed by atoms with Crippen molar-refractivity contribution >= 4 is 0 Å². The van der Waals surface area contributed by atoms with Crippen molar-refractivity contribution in [3.05, 3.63) is 23.8 Å². The van der Waals surface area contributed by atoms with Gasteiger partial charge in [-0.15, -0.1) is 0 Å². The molecule has 5 heteroatoms. The van der Waals surface area contributed by atoms with Crippen LogP contribution >= 0.6 is 0 Å². The number of benzene rings is 1. The molecule has 1 aromatic carbocycles. The Morgan fingerprint density at radius 2 is 1.77 bits per heavy atom. The van der Waals surface area contributed by atoms with Gasteiger partial charge in [0.15, 0.2) is 17.4 Å². The molecule has 2 N–H and O–H groups in total. The standard InChI is InChI=1S/C8H8F2O3/c9-6-3-5(13-2-1-11)4-7(10)8(6)12/h3-4,11-12H,1-2H2. The molecular weight excluding hydrogens is 182 g/mol. The maximum absolute atomic E-state index is 12.6. The summed E-state index contributed by atoms with van der Waals surface area (Å²) in [6.07, 6.45) is 0. The van der Waals surface area contributed by atoms with Gasteiger partial charge in [0.1, 0.15) is 12.4 Å². The van der Waals surface area contributed by atoms with Crippen molar-refractivity contribution in [1.82, 2.24) is 0 Å². The lowest BCUT2D eigenvalue weighted by Crippen LogP contribution is -2.02. The van der Waals surface area contributed by atoms with Crippen molar-refractivity contribution in [3.63, 3.8) is 0 Å². The summed E-state index contributed by atoms with van der Waals surface area (Å²) in [7, 11) is 0. The van der Waals surface area contributed by atoms with Gasteiger partial charge in [0, 0.05) is 12.1 Å². The molecule has 72 valence electrons. The molecule has 3 nitrogen and oxygen atoms in total. The van der Waals surface area contributed by atoms with Crippen LogP contribution in [0.4, 0.5) is 8.78 Å². The summed E-state index contributed by atoms with van der Waals surface area (Å²) >= 11 is 0. The van der Waals surface area contributed by atoms with Crippen LogP contribution in [-0.4, -0.2) is 23.4 Å². The summed E-state index contributed by atoms with van der Waals surface area (Å²) in [6, 6.07) is 1.68. The third-order valence-electron chi connectivity index (χ3n) is 1.35. The molecule has 0 bridgehead atoms. The topological polar surface area (TPSA) is 49.7 Å². The first-order valence-corrected chi connectivity index (χ1v) is 3.57. The molecular formula is C8H8F2O3. The summed E-state index contributed by atoms with van der Waals surface area (Å²) < 4.78 is 30.0. The number of hydrogen-bond acceptors (Lipinski definition) is 3. The molecule has 0 spiro atoms. The Morgan fingerprint density at radius 3 is 2.23 bits per heavy atom. The quantitative estimate of drug-likeness (QED) is 0.748. The highest BCUT2D eigenvalue weighted by Crippen LogP contribution is 2.25. The molecule has 0 saturated carbocycles. The summed E-state index contributed by atoms with van der Waals surface area (Å²) in [5, 5.41) is 17.1. The molecule has 0 fully saturated rings. The Kier molecular flexibility index (Phi) is 3.02. The second-order valence-electron chi connectivity index (χ2n) is 2.31. The van der Waals surface area contributed by atoms with E-state index in [1.807, 2.05) is 0 Å². The predicted octanol–water partition coefficient (Wildman–Crippen LogP) is 1.04. The van der Waals surface area contributed by atoms with Crippen LogP contribution in [-0.2, 0) is 0 Å². The van der Waals surface area contributed by atoms with Gasteiger partial charge < -0.3 is 14.9 Å². The van der Waals surface area contributed by atoms with E-state index >= 15 is 0 Å². The molecule has 0 atom stereocenters. The number of halogens is 2. The first kappa shape index (κ1) is 9.73. The lowest BCUT2D eigenvalue weighted by atomic mass is 10.3. The number of phenols is 1. The van der Waals surface area contributed by atoms with E-state index in [1.54, 1.807) is 0 Å². The van der Waals surface area contributed by atoms with Gasteiger partial charge in [-0.1, -0.05) is 0 Å². The van der Waals surface area contributed by atoms with Crippen LogP contribution < -0.4 is 4.74 Å².